The zero-order valence-electron chi connectivity index (χ0n) is 21.6. The van der Waals surface area contributed by atoms with E-state index in [4.69, 9.17) is 14.5 Å². The fraction of sp³-hybridized carbons (Fsp3) is 0.759. The van der Waals surface area contributed by atoms with E-state index in [1.54, 1.807) is 24.3 Å². The van der Waals surface area contributed by atoms with Gasteiger partial charge in [0.1, 0.15) is 5.75 Å². The molecule has 0 aliphatic heterocycles. The van der Waals surface area contributed by atoms with Crippen LogP contribution in [0.15, 0.2) is 24.3 Å². The zero-order chi connectivity index (χ0) is 23.8. The molecule has 0 N–H and O–H groups in total. The SMILES string of the molecule is CCCCCCCCCCCCCCCCCCOOC(=O)c1ccc(OCCCC)cc1. The molecule has 0 bridgehead atoms. The van der Waals surface area contributed by atoms with Gasteiger partial charge in [0.2, 0.25) is 0 Å². The van der Waals surface area contributed by atoms with Gasteiger partial charge in [0.25, 0.3) is 0 Å². The van der Waals surface area contributed by atoms with Gasteiger partial charge in [-0.15, -0.1) is 0 Å². The van der Waals surface area contributed by atoms with E-state index in [1.165, 1.54) is 89.9 Å². The van der Waals surface area contributed by atoms with Gasteiger partial charge in [0, 0.05) is 0 Å². The van der Waals surface area contributed by atoms with Crippen LogP contribution in [-0.4, -0.2) is 19.2 Å². The quantitative estimate of drug-likeness (QED) is 0.0923. The summed E-state index contributed by atoms with van der Waals surface area (Å²) in [5.74, 6) is 0.320. The van der Waals surface area contributed by atoms with E-state index in [0.717, 1.165) is 31.4 Å². The highest BCUT2D eigenvalue weighted by molar-refractivity contribution is 5.89. The second-order valence-electron chi connectivity index (χ2n) is 9.22. The Morgan fingerprint density at radius 1 is 0.576 bits per heavy atom. The largest absolute Gasteiger partial charge is 0.494 e. The average molecular weight is 463 g/mol. The summed E-state index contributed by atoms with van der Waals surface area (Å²) in [4.78, 5) is 22.0. The lowest BCUT2D eigenvalue weighted by molar-refractivity contribution is -0.241. The van der Waals surface area contributed by atoms with Gasteiger partial charge in [-0.05, 0) is 37.1 Å². The first kappa shape index (κ1) is 29.5. The van der Waals surface area contributed by atoms with E-state index in [0.29, 0.717) is 18.8 Å². The summed E-state index contributed by atoms with van der Waals surface area (Å²) in [6.45, 7) is 5.56. The van der Waals surface area contributed by atoms with Gasteiger partial charge in [-0.2, -0.15) is 4.89 Å². The van der Waals surface area contributed by atoms with Crippen molar-refractivity contribution < 1.29 is 19.3 Å². The van der Waals surface area contributed by atoms with E-state index < -0.39 is 5.97 Å². The highest BCUT2D eigenvalue weighted by Gasteiger charge is 2.08. The Kier molecular flexibility index (Phi) is 19.9. The van der Waals surface area contributed by atoms with Crippen molar-refractivity contribution in [2.75, 3.05) is 13.2 Å². The molecule has 0 aliphatic carbocycles. The van der Waals surface area contributed by atoms with Crippen LogP contribution in [0.1, 0.15) is 140 Å². The lowest BCUT2D eigenvalue weighted by Gasteiger charge is -2.07. The molecule has 0 heterocycles. The Labute approximate surface area is 203 Å². The molecule has 0 saturated heterocycles. The van der Waals surface area contributed by atoms with Crippen LogP contribution in [0.4, 0.5) is 0 Å². The highest BCUT2D eigenvalue weighted by Crippen LogP contribution is 2.15. The zero-order valence-corrected chi connectivity index (χ0v) is 21.6. The molecule has 0 unspecified atom stereocenters. The van der Waals surface area contributed by atoms with Gasteiger partial charge >= 0.3 is 5.97 Å². The third-order valence-electron chi connectivity index (χ3n) is 6.07. The van der Waals surface area contributed by atoms with Crippen LogP contribution >= 0.6 is 0 Å². The molecule has 0 spiro atoms. The molecule has 0 atom stereocenters. The Morgan fingerprint density at radius 2 is 1.03 bits per heavy atom. The van der Waals surface area contributed by atoms with Crippen LogP contribution in [0.3, 0.4) is 0 Å². The van der Waals surface area contributed by atoms with E-state index >= 15 is 0 Å². The Hall–Kier alpha value is -1.55. The van der Waals surface area contributed by atoms with Crippen molar-refractivity contribution in [3.05, 3.63) is 29.8 Å². The molecule has 0 saturated carbocycles. The van der Waals surface area contributed by atoms with E-state index in [2.05, 4.69) is 13.8 Å². The second-order valence-corrected chi connectivity index (χ2v) is 9.22. The molecule has 190 valence electrons. The molecule has 0 aromatic heterocycles. The van der Waals surface area contributed by atoms with Gasteiger partial charge < -0.3 is 4.74 Å². The Morgan fingerprint density at radius 3 is 1.52 bits per heavy atom. The van der Waals surface area contributed by atoms with Crippen LogP contribution in [0.25, 0.3) is 0 Å². The van der Waals surface area contributed by atoms with Gasteiger partial charge in [-0.25, -0.2) is 4.79 Å². The minimum absolute atomic E-state index is 0.452. The van der Waals surface area contributed by atoms with Crippen molar-refractivity contribution >= 4 is 5.97 Å². The van der Waals surface area contributed by atoms with Crippen LogP contribution in [0, 0.1) is 0 Å². The molecule has 0 fully saturated rings. The van der Waals surface area contributed by atoms with Crippen LogP contribution < -0.4 is 4.74 Å². The average Bonchev–Trinajstić information content (AvgIpc) is 2.83. The normalized spacial score (nSPS) is 11.0. The fourth-order valence-corrected chi connectivity index (χ4v) is 3.87. The molecular weight excluding hydrogens is 412 g/mol. The number of carbonyl (C=O) groups is 1. The van der Waals surface area contributed by atoms with Crippen molar-refractivity contribution in [1.29, 1.82) is 0 Å². The maximum Gasteiger partial charge on any atom is 0.373 e. The lowest BCUT2D eigenvalue weighted by Crippen LogP contribution is -2.07. The minimum Gasteiger partial charge on any atom is -0.494 e. The van der Waals surface area contributed by atoms with Crippen LogP contribution in [-0.2, 0) is 9.78 Å². The number of carbonyl (C=O) groups excluding carboxylic acids is 1. The third kappa shape index (κ3) is 17.6. The van der Waals surface area contributed by atoms with Gasteiger partial charge in [0.15, 0.2) is 0 Å². The van der Waals surface area contributed by atoms with Crippen molar-refractivity contribution in [3.63, 3.8) is 0 Å². The summed E-state index contributed by atoms with van der Waals surface area (Å²) < 4.78 is 5.60. The molecular formula is C29H50O4. The standard InChI is InChI=1S/C29H50O4/c1-3-5-7-8-9-10-11-12-13-14-15-16-17-18-19-20-26-32-33-29(30)27-21-23-28(24-22-27)31-25-6-4-2/h21-24H,3-20,25-26H2,1-2H3. The Bertz CT molecular complexity index is 555. The maximum atomic E-state index is 12.0. The summed E-state index contributed by atoms with van der Waals surface area (Å²) in [5, 5.41) is 0. The predicted octanol–water partition coefficient (Wildman–Crippen LogP) is 9.22. The predicted molar refractivity (Wildman–Crippen MR) is 138 cm³/mol. The van der Waals surface area contributed by atoms with Crippen LogP contribution in [0.5, 0.6) is 5.75 Å². The fourth-order valence-electron chi connectivity index (χ4n) is 3.87. The third-order valence-corrected chi connectivity index (χ3v) is 6.07. The molecule has 0 radical (unpaired) electrons. The number of rotatable bonds is 23. The number of ether oxygens (including phenoxy) is 1. The first-order valence-corrected chi connectivity index (χ1v) is 13.8. The van der Waals surface area contributed by atoms with Crippen molar-refractivity contribution in [2.24, 2.45) is 0 Å². The minimum atomic E-state index is -0.452. The Balaban J connectivity index is 1.85. The molecule has 4 nitrogen and oxygen atoms in total. The summed E-state index contributed by atoms with van der Waals surface area (Å²) in [6.07, 6.45) is 23.5. The molecule has 1 rings (SSSR count). The second kappa shape index (κ2) is 22.3. The van der Waals surface area contributed by atoms with Gasteiger partial charge in [0.05, 0.1) is 18.8 Å². The number of unbranched alkanes of at least 4 members (excludes halogenated alkanes) is 16. The maximum absolute atomic E-state index is 12.0. The molecule has 33 heavy (non-hydrogen) atoms. The highest BCUT2D eigenvalue weighted by atomic mass is 17.2. The molecule has 1 aromatic carbocycles. The topological polar surface area (TPSA) is 44.8 Å². The van der Waals surface area contributed by atoms with E-state index in [9.17, 15) is 4.79 Å². The number of hydrogen-bond donors (Lipinski definition) is 0. The summed E-state index contributed by atoms with van der Waals surface area (Å²) in [6, 6.07) is 7.01. The van der Waals surface area contributed by atoms with E-state index in [-0.39, 0.29) is 0 Å². The number of benzene rings is 1. The molecule has 0 amide bonds. The monoisotopic (exact) mass is 462 g/mol. The number of hydrogen-bond acceptors (Lipinski definition) is 4. The van der Waals surface area contributed by atoms with Gasteiger partial charge in [-0.3, -0.25) is 4.89 Å². The molecule has 0 aliphatic rings. The first-order valence-electron chi connectivity index (χ1n) is 13.8. The van der Waals surface area contributed by atoms with Crippen LogP contribution in [0.2, 0.25) is 0 Å². The smallest absolute Gasteiger partial charge is 0.373 e. The lowest BCUT2D eigenvalue weighted by atomic mass is 10.0. The summed E-state index contributed by atoms with van der Waals surface area (Å²) >= 11 is 0. The van der Waals surface area contributed by atoms with Crippen molar-refractivity contribution in [3.8, 4) is 5.75 Å². The van der Waals surface area contributed by atoms with Crippen molar-refractivity contribution in [1.82, 2.24) is 0 Å². The van der Waals surface area contributed by atoms with Crippen molar-refractivity contribution in [2.45, 2.75) is 129 Å². The summed E-state index contributed by atoms with van der Waals surface area (Å²) in [5.41, 5.74) is 0.477. The first-order chi connectivity index (χ1) is 16.3. The summed E-state index contributed by atoms with van der Waals surface area (Å²) in [7, 11) is 0. The van der Waals surface area contributed by atoms with Gasteiger partial charge in [-0.1, -0.05) is 117 Å². The molecule has 1 aromatic rings. The van der Waals surface area contributed by atoms with E-state index in [1.807, 2.05) is 0 Å². The molecule has 4 heteroatoms.